The van der Waals surface area contributed by atoms with Gasteiger partial charge in [0, 0.05) is 12.1 Å². The molecule has 34 heavy (non-hydrogen) atoms. The maximum absolute atomic E-state index is 14.4. The first-order valence-corrected chi connectivity index (χ1v) is 12.5. The van der Waals surface area contributed by atoms with Crippen molar-refractivity contribution < 1.29 is 27.1 Å². The van der Waals surface area contributed by atoms with Gasteiger partial charge in [0.1, 0.15) is 24.2 Å². The minimum Gasteiger partial charge on any atom is -0.497 e. The van der Waals surface area contributed by atoms with Gasteiger partial charge in [-0.2, -0.15) is 0 Å². The Bertz CT molecular complexity index is 1110. The van der Waals surface area contributed by atoms with E-state index in [2.05, 4.69) is 5.32 Å². The van der Waals surface area contributed by atoms with E-state index in [0.717, 1.165) is 12.3 Å². The second kappa shape index (κ2) is 10.9. The van der Waals surface area contributed by atoms with E-state index >= 15 is 0 Å². The Morgan fingerprint density at radius 1 is 1.09 bits per heavy atom. The summed E-state index contributed by atoms with van der Waals surface area (Å²) >= 11 is 0. The molecule has 1 N–H and O–H groups in total. The van der Waals surface area contributed by atoms with Gasteiger partial charge in [-0.1, -0.05) is 24.3 Å². The van der Waals surface area contributed by atoms with Crippen molar-refractivity contribution in [1.29, 1.82) is 0 Å². The third kappa shape index (κ3) is 7.44. The number of anilines is 1. The molecule has 0 aliphatic carbocycles. The number of hydrogen-bond donors (Lipinski definition) is 1. The fraction of sp³-hybridized carbons (Fsp3) is 0.417. The van der Waals surface area contributed by atoms with Crippen molar-refractivity contribution in [3.8, 4) is 5.75 Å². The lowest BCUT2D eigenvalue weighted by Gasteiger charge is -2.33. The van der Waals surface area contributed by atoms with Crippen LogP contribution in [0.5, 0.6) is 5.75 Å². The molecule has 0 aliphatic rings. The third-order valence-electron chi connectivity index (χ3n) is 4.98. The maximum atomic E-state index is 14.4. The molecule has 0 bridgehead atoms. The number of rotatable bonds is 9. The van der Waals surface area contributed by atoms with E-state index in [9.17, 15) is 22.4 Å². The molecule has 0 unspecified atom stereocenters. The summed E-state index contributed by atoms with van der Waals surface area (Å²) in [6.45, 7) is 6.39. The predicted octanol–water partition coefficient (Wildman–Crippen LogP) is 2.93. The lowest BCUT2D eigenvalue weighted by molar-refractivity contribution is -0.140. The SMILES string of the molecule is COc1ccc(CN(C(=O)CN(c2ccccc2F)S(C)(=O)=O)[C@H](C)C(=O)NC(C)(C)C)cc1. The van der Waals surface area contributed by atoms with Gasteiger partial charge in [-0.3, -0.25) is 13.9 Å². The minimum atomic E-state index is -4.00. The third-order valence-corrected chi connectivity index (χ3v) is 6.10. The number of hydrogen-bond acceptors (Lipinski definition) is 5. The van der Waals surface area contributed by atoms with Crippen molar-refractivity contribution in [3.63, 3.8) is 0 Å². The number of nitrogens with one attached hydrogen (secondary N) is 1. The number of methoxy groups -OCH3 is 1. The Labute approximate surface area is 200 Å². The largest absolute Gasteiger partial charge is 0.497 e. The second-order valence-corrected chi connectivity index (χ2v) is 10.9. The highest BCUT2D eigenvalue weighted by molar-refractivity contribution is 7.92. The normalized spacial score (nSPS) is 12.6. The molecule has 2 aromatic carbocycles. The van der Waals surface area contributed by atoms with E-state index in [4.69, 9.17) is 4.74 Å². The highest BCUT2D eigenvalue weighted by Crippen LogP contribution is 2.22. The summed E-state index contributed by atoms with van der Waals surface area (Å²) in [7, 11) is -2.46. The first-order valence-electron chi connectivity index (χ1n) is 10.7. The van der Waals surface area contributed by atoms with Crippen LogP contribution < -0.4 is 14.4 Å². The van der Waals surface area contributed by atoms with Crippen molar-refractivity contribution >= 4 is 27.5 Å². The summed E-state index contributed by atoms with van der Waals surface area (Å²) in [5.74, 6) is -1.20. The number of halogens is 1. The smallest absolute Gasteiger partial charge is 0.244 e. The van der Waals surface area contributed by atoms with Crippen LogP contribution in [-0.4, -0.2) is 56.6 Å². The van der Waals surface area contributed by atoms with Gasteiger partial charge in [0.2, 0.25) is 21.8 Å². The molecule has 2 amide bonds. The van der Waals surface area contributed by atoms with Gasteiger partial charge in [-0.25, -0.2) is 12.8 Å². The van der Waals surface area contributed by atoms with Crippen LogP contribution in [-0.2, 0) is 26.2 Å². The van der Waals surface area contributed by atoms with Crippen molar-refractivity contribution in [2.24, 2.45) is 0 Å². The average Bonchev–Trinajstić information content (AvgIpc) is 2.74. The lowest BCUT2D eigenvalue weighted by atomic mass is 10.1. The van der Waals surface area contributed by atoms with Crippen LogP contribution in [0.2, 0.25) is 0 Å². The van der Waals surface area contributed by atoms with E-state index in [1.165, 1.54) is 30.2 Å². The van der Waals surface area contributed by atoms with Gasteiger partial charge in [0.15, 0.2) is 0 Å². The molecule has 0 aromatic heterocycles. The number of benzene rings is 2. The van der Waals surface area contributed by atoms with E-state index < -0.39 is 45.8 Å². The zero-order chi connectivity index (χ0) is 25.7. The van der Waals surface area contributed by atoms with Crippen molar-refractivity contribution in [2.45, 2.75) is 45.8 Å². The highest BCUT2D eigenvalue weighted by Gasteiger charge is 2.32. The molecule has 0 saturated heterocycles. The Morgan fingerprint density at radius 3 is 2.18 bits per heavy atom. The molecule has 186 valence electrons. The summed E-state index contributed by atoms with van der Waals surface area (Å²) < 4.78 is 45.2. The van der Waals surface area contributed by atoms with Crippen molar-refractivity contribution in [2.75, 3.05) is 24.2 Å². The number of amides is 2. The first-order chi connectivity index (χ1) is 15.7. The van der Waals surface area contributed by atoms with Gasteiger partial charge in [0.25, 0.3) is 0 Å². The van der Waals surface area contributed by atoms with E-state index in [0.29, 0.717) is 15.6 Å². The van der Waals surface area contributed by atoms with E-state index in [1.54, 1.807) is 31.2 Å². The highest BCUT2D eigenvalue weighted by atomic mass is 32.2. The number of carbonyl (C=O) groups excluding carboxylic acids is 2. The monoisotopic (exact) mass is 493 g/mol. The number of nitrogens with zero attached hydrogens (tertiary/aromatic N) is 2. The number of carbonyl (C=O) groups is 2. The topological polar surface area (TPSA) is 96.0 Å². The molecule has 2 rings (SSSR count). The zero-order valence-corrected chi connectivity index (χ0v) is 21.1. The zero-order valence-electron chi connectivity index (χ0n) is 20.3. The minimum absolute atomic E-state index is 0.0381. The number of para-hydroxylation sites is 1. The number of sulfonamides is 1. The van der Waals surface area contributed by atoms with Crippen LogP contribution in [0.4, 0.5) is 10.1 Å². The molecule has 0 aliphatic heterocycles. The molecule has 8 nitrogen and oxygen atoms in total. The molecule has 1 atom stereocenters. The summed E-state index contributed by atoms with van der Waals surface area (Å²) in [5, 5.41) is 2.84. The molecule has 10 heteroatoms. The Kier molecular flexibility index (Phi) is 8.66. The summed E-state index contributed by atoms with van der Waals surface area (Å²) in [6.07, 6.45) is 0.899. The van der Waals surface area contributed by atoms with Crippen molar-refractivity contribution in [3.05, 3.63) is 59.9 Å². The predicted molar refractivity (Wildman–Crippen MR) is 129 cm³/mol. The second-order valence-electron chi connectivity index (χ2n) is 9.01. The molecule has 0 spiro atoms. The molecule has 0 heterocycles. The fourth-order valence-electron chi connectivity index (χ4n) is 3.23. The molecule has 2 aromatic rings. The molecular formula is C24H32FN3O5S. The summed E-state index contributed by atoms with van der Waals surface area (Å²) in [4.78, 5) is 27.6. The van der Waals surface area contributed by atoms with Crippen LogP contribution in [0.25, 0.3) is 0 Å². The molecular weight excluding hydrogens is 461 g/mol. The Hall–Kier alpha value is -3.14. The molecule has 0 radical (unpaired) electrons. The molecule has 0 saturated carbocycles. The standard InChI is InChI=1S/C24H32FN3O5S/c1-17(23(30)26-24(2,3)4)27(15-18-11-13-19(33-5)14-12-18)22(29)16-28(34(6,31)32)21-10-8-7-9-20(21)25/h7-14,17H,15-16H2,1-6H3,(H,26,30)/t17-/m1/s1. The Morgan fingerprint density at radius 2 is 1.68 bits per heavy atom. The van der Waals surface area contributed by atoms with Crippen LogP contribution in [0.15, 0.2) is 48.5 Å². The molecule has 0 fully saturated rings. The van der Waals surface area contributed by atoms with Crippen molar-refractivity contribution in [1.82, 2.24) is 10.2 Å². The van der Waals surface area contributed by atoms with Gasteiger partial charge in [-0.05, 0) is 57.5 Å². The van der Waals surface area contributed by atoms with Crippen LogP contribution in [0.1, 0.15) is 33.3 Å². The Balaban J connectivity index is 2.41. The maximum Gasteiger partial charge on any atom is 0.244 e. The summed E-state index contributed by atoms with van der Waals surface area (Å²) in [5.41, 5.74) is -0.0672. The van der Waals surface area contributed by atoms with Crippen LogP contribution in [0, 0.1) is 5.82 Å². The quantitative estimate of drug-likeness (QED) is 0.580. The van der Waals surface area contributed by atoms with Gasteiger partial charge in [0.05, 0.1) is 19.1 Å². The van der Waals surface area contributed by atoms with Gasteiger partial charge >= 0.3 is 0 Å². The lowest BCUT2D eigenvalue weighted by Crippen LogP contribution is -2.54. The average molecular weight is 494 g/mol. The fourth-order valence-corrected chi connectivity index (χ4v) is 4.08. The summed E-state index contributed by atoms with van der Waals surface area (Å²) in [6, 6.07) is 11.3. The van der Waals surface area contributed by atoms with Gasteiger partial charge < -0.3 is 15.0 Å². The van der Waals surface area contributed by atoms with E-state index in [1.807, 2.05) is 20.8 Å². The van der Waals surface area contributed by atoms with Crippen LogP contribution in [0.3, 0.4) is 0 Å². The first kappa shape index (κ1) is 27.1. The van der Waals surface area contributed by atoms with Gasteiger partial charge in [-0.15, -0.1) is 0 Å². The van der Waals surface area contributed by atoms with E-state index in [-0.39, 0.29) is 12.2 Å². The number of ether oxygens (including phenoxy) is 1. The van der Waals surface area contributed by atoms with Crippen LogP contribution >= 0.6 is 0 Å².